The van der Waals surface area contributed by atoms with Crippen LogP contribution in [0.25, 0.3) is 11.1 Å². The van der Waals surface area contributed by atoms with E-state index in [0.717, 1.165) is 58.4 Å². The second kappa shape index (κ2) is 13.4. The van der Waals surface area contributed by atoms with Gasteiger partial charge in [0.05, 0.1) is 45.9 Å². The summed E-state index contributed by atoms with van der Waals surface area (Å²) < 4.78 is 6.29. The maximum Gasteiger partial charge on any atom is 0.338 e. The molecule has 0 aliphatic rings. The minimum Gasteiger partial charge on any atom is -0.462 e. The van der Waals surface area contributed by atoms with Crippen LogP contribution in [0, 0.1) is 0 Å². The topological polar surface area (TPSA) is 67.4 Å². The first-order chi connectivity index (χ1) is 18.1. The van der Waals surface area contributed by atoms with Crippen LogP contribution in [0.1, 0.15) is 55.1 Å². The van der Waals surface area contributed by atoms with Gasteiger partial charge in [-0.3, -0.25) is 4.79 Å². The summed E-state index contributed by atoms with van der Waals surface area (Å²) in [5, 5.41) is 7.26. The molecule has 1 atom stereocenters. The van der Waals surface area contributed by atoms with Crippen molar-refractivity contribution in [1.29, 1.82) is 0 Å². The lowest BCUT2D eigenvalue weighted by atomic mass is 9.94. The second-order valence-corrected chi connectivity index (χ2v) is 11.0. The fourth-order valence-corrected chi connectivity index (χ4v) is 4.39. The third kappa shape index (κ3) is 8.89. The average Bonchev–Trinajstić information content (AvgIpc) is 2.87. The number of carbonyl (C=O) groups is 2. The Bertz CT molecular complexity index is 1220. The molecule has 7 heteroatoms. The van der Waals surface area contributed by atoms with Gasteiger partial charge in [0.15, 0.2) is 0 Å². The number of nitrogens with one attached hydrogen (secondary N) is 2. The maximum atomic E-state index is 12.5. The lowest BCUT2D eigenvalue weighted by Gasteiger charge is -2.24. The molecule has 0 spiro atoms. The Morgan fingerprint density at radius 3 is 2.21 bits per heavy atom. The molecular formula is C31H39ClN3O3+. The number of quaternary nitrogens is 1. The van der Waals surface area contributed by atoms with Crippen molar-refractivity contribution in [3.63, 3.8) is 0 Å². The molecule has 0 saturated heterocycles. The molecular weight excluding hydrogens is 498 g/mol. The fraction of sp³-hybridized carbons (Fsp3) is 0.355. The number of carbonyl (C=O) groups excluding carboxylic acids is 2. The number of hydrogen-bond acceptors (Lipinski definition) is 4. The highest BCUT2D eigenvalue weighted by atomic mass is 35.5. The van der Waals surface area contributed by atoms with Gasteiger partial charge in [-0.15, -0.1) is 0 Å². The minimum absolute atomic E-state index is 0.0241. The molecule has 0 radical (unpaired) electrons. The molecule has 0 bridgehead atoms. The third-order valence-electron chi connectivity index (χ3n) is 6.16. The first kappa shape index (κ1) is 29.2. The Balaban J connectivity index is 1.82. The molecule has 1 unspecified atom stereocenters. The molecule has 2 N–H and O–H groups in total. The summed E-state index contributed by atoms with van der Waals surface area (Å²) in [4.78, 5) is 24.4. The van der Waals surface area contributed by atoms with Crippen LogP contribution in [0.2, 0.25) is 5.02 Å². The average molecular weight is 537 g/mol. The van der Waals surface area contributed by atoms with Crippen LogP contribution >= 0.6 is 11.6 Å². The molecule has 3 rings (SSSR count). The van der Waals surface area contributed by atoms with E-state index in [2.05, 4.69) is 44.8 Å². The van der Waals surface area contributed by atoms with Crippen molar-refractivity contribution in [3.8, 4) is 11.1 Å². The van der Waals surface area contributed by atoms with Crippen LogP contribution in [-0.2, 0) is 9.53 Å². The van der Waals surface area contributed by atoms with E-state index >= 15 is 0 Å². The number of esters is 1. The largest absolute Gasteiger partial charge is 0.462 e. The highest BCUT2D eigenvalue weighted by Crippen LogP contribution is 2.34. The number of halogens is 1. The van der Waals surface area contributed by atoms with E-state index in [-0.39, 0.29) is 17.9 Å². The van der Waals surface area contributed by atoms with Gasteiger partial charge in [0.1, 0.15) is 0 Å². The SMILES string of the molecule is CCCC(Nc1ccc(Cl)cc1)c1cc(-c2ccc(C(=O)OCCC[N+](C)(C)C)cc2)ccc1NC(C)=O. The quantitative estimate of drug-likeness (QED) is 0.146. The van der Waals surface area contributed by atoms with Crippen molar-refractivity contribution < 1.29 is 18.8 Å². The first-order valence-electron chi connectivity index (χ1n) is 13.1. The molecule has 202 valence electrons. The second-order valence-electron chi connectivity index (χ2n) is 10.6. The zero-order valence-electron chi connectivity index (χ0n) is 23.0. The molecule has 0 fully saturated rings. The normalized spacial score (nSPS) is 12.1. The molecule has 0 aliphatic heterocycles. The van der Waals surface area contributed by atoms with E-state index in [1.165, 1.54) is 6.92 Å². The Labute approximate surface area is 231 Å². The molecule has 1 amide bonds. The van der Waals surface area contributed by atoms with Crippen LogP contribution in [0.5, 0.6) is 0 Å². The van der Waals surface area contributed by atoms with Crippen LogP contribution < -0.4 is 10.6 Å². The van der Waals surface area contributed by atoms with E-state index in [9.17, 15) is 9.59 Å². The van der Waals surface area contributed by atoms with Crippen molar-refractivity contribution in [2.75, 3.05) is 44.9 Å². The number of ether oxygens (including phenoxy) is 1. The summed E-state index contributed by atoms with van der Waals surface area (Å²) in [5.74, 6) is -0.431. The zero-order chi connectivity index (χ0) is 27.7. The fourth-order valence-electron chi connectivity index (χ4n) is 4.26. The van der Waals surface area contributed by atoms with Crippen molar-refractivity contribution in [1.82, 2.24) is 0 Å². The zero-order valence-corrected chi connectivity index (χ0v) is 23.8. The van der Waals surface area contributed by atoms with Crippen molar-refractivity contribution in [2.45, 2.75) is 39.2 Å². The van der Waals surface area contributed by atoms with Gasteiger partial charge in [-0.1, -0.05) is 43.1 Å². The predicted octanol–water partition coefficient (Wildman–Crippen LogP) is 7.17. The Morgan fingerprint density at radius 1 is 0.947 bits per heavy atom. The maximum absolute atomic E-state index is 12.5. The third-order valence-corrected chi connectivity index (χ3v) is 6.41. The number of hydrogen-bond donors (Lipinski definition) is 2. The highest BCUT2D eigenvalue weighted by molar-refractivity contribution is 6.30. The van der Waals surface area contributed by atoms with Gasteiger partial charge >= 0.3 is 5.97 Å². The van der Waals surface area contributed by atoms with Gasteiger partial charge in [0.25, 0.3) is 0 Å². The highest BCUT2D eigenvalue weighted by Gasteiger charge is 2.18. The van der Waals surface area contributed by atoms with E-state index in [1.807, 2.05) is 48.5 Å². The van der Waals surface area contributed by atoms with E-state index in [0.29, 0.717) is 17.2 Å². The summed E-state index contributed by atoms with van der Waals surface area (Å²) in [6.07, 6.45) is 2.65. The number of anilines is 2. The van der Waals surface area contributed by atoms with Crippen LogP contribution in [0.15, 0.2) is 66.7 Å². The van der Waals surface area contributed by atoms with Crippen LogP contribution in [0.3, 0.4) is 0 Å². The standard InChI is InChI=1S/C31H38ClN3O3/c1-6-8-29(34-27-16-14-26(32)15-17-27)28-21-25(13-18-30(28)33-22(2)36)23-9-11-24(12-10-23)31(37)38-20-7-19-35(3,4)5/h9-18,21,29,34H,6-8,19-20H2,1-5H3/p+1. The number of benzene rings is 3. The van der Waals surface area contributed by atoms with Crippen LogP contribution in [-0.4, -0.2) is 50.7 Å². The van der Waals surface area contributed by atoms with Crippen molar-refractivity contribution in [3.05, 3.63) is 82.9 Å². The molecule has 0 saturated carbocycles. The van der Waals surface area contributed by atoms with E-state index in [1.54, 1.807) is 12.1 Å². The molecule has 6 nitrogen and oxygen atoms in total. The molecule has 0 heterocycles. The van der Waals surface area contributed by atoms with Crippen LogP contribution in [0.4, 0.5) is 11.4 Å². The predicted molar refractivity (Wildman–Crippen MR) is 157 cm³/mol. The van der Waals surface area contributed by atoms with Crippen molar-refractivity contribution in [2.24, 2.45) is 0 Å². The first-order valence-corrected chi connectivity index (χ1v) is 13.4. The lowest BCUT2D eigenvalue weighted by Crippen LogP contribution is -2.35. The van der Waals surface area contributed by atoms with Gasteiger partial charge in [0, 0.05) is 29.7 Å². The van der Waals surface area contributed by atoms with Gasteiger partial charge < -0.3 is 19.9 Å². The number of amides is 1. The van der Waals surface area contributed by atoms with E-state index in [4.69, 9.17) is 16.3 Å². The summed E-state index contributed by atoms with van der Waals surface area (Å²) in [7, 11) is 6.35. The monoisotopic (exact) mass is 536 g/mol. The lowest BCUT2D eigenvalue weighted by molar-refractivity contribution is -0.870. The smallest absolute Gasteiger partial charge is 0.338 e. The molecule has 0 aromatic heterocycles. The molecule has 38 heavy (non-hydrogen) atoms. The molecule has 0 aliphatic carbocycles. The number of nitrogens with zero attached hydrogens (tertiary/aromatic N) is 1. The summed E-state index contributed by atoms with van der Waals surface area (Å²) in [6, 6.07) is 21.1. The van der Waals surface area contributed by atoms with Crippen molar-refractivity contribution >= 4 is 34.9 Å². The number of rotatable bonds is 12. The van der Waals surface area contributed by atoms with Gasteiger partial charge in [-0.05, 0) is 71.6 Å². The van der Waals surface area contributed by atoms with Gasteiger partial charge in [-0.2, -0.15) is 0 Å². The molecule has 3 aromatic rings. The minimum atomic E-state index is -0.310. The van der Waals surface area contributed by atoms with Gasteiger partial charge in [-0.25, -0.2) is 4.79 Å². The Hall–Kier alpha value is -3.35. The molecule has 3 aromatic carbocycles. The Morgan fingerprint density at radius 2 is 1.61 bits per heavy atom. The summed E-state index contributed by atoms with van der Waals surface area (Å²) in [5.41, 5.74) is 5.23. The summed E-state index contributed by atoms with van der Waals surface area (Å²) in [6.45, 7) is 5.00. The summed E-state index contributed by atoms with van der Waals surface area (Å²) >= 11 is 6.07. The van der Waals surface area contributed by atoms with Gasteiger partial charge in [0.2, 0.25) is 5.91 Å². The van der Waals surface area contributed by atoms with E-state index < -0.39 is 0 Å². The Kier molecular flexibility index (Phi) is 10.3.